The molecule has 4 rings (SSSR count). The minimum absolute atomic E-state index is 0.0158. The van der Waals surface area contributed by atoms with E-state index in [-0.39, 0.29) is 34.8 Å². The van der Waals surface area contributed by atoms with Crippen molar-refractivity contribution in [1.29, 1.82) is 0 Å². The molecule has 2 aliphatic rings. The number of rotatable bonds is 3. The van der Waals surface area contributed by atoms with Crippen molar-refractivity contribution in [1.82, 2.24) is 4.31 Å². The minimum Gasteiger partial charge on any atom is -0.312 e. The zero-order valence-corrected chi connectivity index (χ0v) is 19.1. The molecule has 1 amide bonds. The molecule has 0 N–H and O–H groups in total. The fourth-order valence-corrected chi connectivity index (χ4v) is 6.65. The molecule has 0 saturated carbocycles. The number of carbonyl (C=O) groups is 1. The van der Waals surface area contributed by atoms with Gasteiger partial charge in [0.15, 0.2) is 0 Å². The van der Waals surface area contributed by atoms with Crippen LogP contribution in [0, 0.1) is 12.8 Å². The normalized spacial score (nSPS) is 18.3. The van der Waals surface area contributed by atoms with Crippen LogP contribution < -0.4 is 4.90 Å². The molecule has 5 nitrogen and oxygen atoms in total. The number of anilines is 1. The second kappa shape index (κ2) is 8.50. The Balaban J connectivity index is 1.49. The van der Waals surface area contributed by atoms with Gasteiger partial charge < -0.3 is 4.90 Å². The molecule has 2 heterocycles. The fourth-order valence-electron chi connectivity index (χ4n) is 4.44. The van der Waals surface area contributed by atoms with Crippen molar-refractivity contribution >= 4 is 44.8 Å². The summed E-state index contributed by atoms with van der Waals surface area (Å²) < 4.78 is 27.5. The molecule has 8 heteroatoms. The van der Waals surface area contributed by atoms with Gasteiger partial charge in [0.2, 0.25) is 15.9 Å². The van der Waals surface area contributed by atoms with Crippen LogP contribution in [0.3, 0.4) is 0 Å². The Morgan fingerprint density at radius 3 is 2.53 bits per heavy atom. The Morgan fingerprint density at radius 2 is 1.80 bits per heavy atom. The van der Waals surface area contributed by atoms with Gasteiger partial charge in [0.25, 0.3) is 0 Å². The molecule has 0 spiro atoms. The smallest absolute Gasteiger partial charge is 0.244 e. The van der Waals surface area contributed by atoms with Gasteiger partial charge in [0, 0.05) is 36.3 Å². The van der Waals surface area contributed by atoms with Crippen LogP contribution in [-0.2, 0) is 21.2 Å². The Labute approximate surface area is 187 Å². The summed E-state index contributed by atoms with van der Waals surface area (Å²) in [6.07, 6.45) is 2.92. The molecule has 30 heavy (non-hydrogen) atoms. The first-order valence-corrected chi connectivity index (χ1v) is 12.3. The van der Waals surface area contributed by atoms with Crippen LogP contribution in [0.25, 0.3) is 0 Å². The summed E-state index contributed by atoms with van der Waals surface area (Å²) in [6.45, 7) is 3.33. The van der Waals surface area contributed by atoms with Crippen LogP contribution in [-0.4, -0.2) is 38.3 Å². The topological polar surface area (TPSA) is 57.7 Å². The zero-order valence-electron chi connectivity index (χ0n) is 16.8. The predicted octanol–water partition coefficient (Wildman–Crippen LogP) is 4.68. The number of benzene rings is 2. The highest BCUT2D eigenvalue weighted by Crippen LogP contribution is 2.34. The molecular formula is C22H24Cl2N2O3S. The molecule has 2 aromatic rings. The Kier molecular flexibility index (Phi) is 6.13. The van der Waals surface area contributed by atoms with Crippen molar-refractivity contribution in [3.63, 3.8) is 0 Å². The quantitative estimate of drug-likeness (QED) is 0.659. The maximum atomic E-state index is 13.3. The van der Waals surface area contributed by atoms with Gasteiger partial charge in [0.1, 0.15) is 4.90 Å². The third kappa shape index (κ3) is 3.98. The number of hydrogen-bond donors (Lipinski definition) is 0. The van der Waals surface area contributed by atoms with E-state index >= 15 is 0 Å². The van der Waals surface area contributed by atoms with Gasteiger partial charge in [-0.3, -0.25) is 4.79 Å². The van der Waals surface area contributed by atoms with E-state index in [1.807, 2.05) is 24.0 Å². The average Bonchev–Trinajstić information content (AvgIpc) is 2.75. The van der Waals surface area contributed by atoms with Gasteiger partial charge in [-0.15, -0.1) is 0 Å². The van der Waals surface area contributed by atoms with Crippen LogP contribution in [0.5, 0.6) is 0 Å². The maximum absolute atomic E-state index is 13.3. The van der Waals surface area contributed by atoms with E-state index in [2.05, 4.69) is 6.07 Å². The number of fused-ring (bicyclic) bond motifs is 1. The Hall–Kier alpha value is -1.60. The molecule has 0 aliphatic carbocycles. The lowest BCUT2D eigenvalue weighted by Crippen LogP contribution is -2.46. The number of halogens is 2. The summed E-state index contributed by atoms with van der Waals surface area (Å²) in [5.74, 6) is -0.0834. The van der Waals surface area contributed by atoms with Crippen molar-refractivity contribution < 1.29 is 13.2 Å². The lowest BCUT2D eigenvalue weighted by Gasteiger charge is -2.36. The summed E-state index contributed by atoms with van der Waals surface area (Å²) >= 11 is 12.1. The van der Waals surface area contributed by atoms with Crippen LogP contribution in [0.4, 0.5) is 5.69 Å². The average molecular weight is 467 g/mol. The SMILES string of the molecule is Cc1cccc2c1N(C(=O)C1CCN(S(=O)(=O)c3cc(Cl)ccc3Cl)CC1)CCC2. The van der Waals surface area contributed by atoms with Crippen molar-refractivity contribution in [3.05, 3.63) is 57.6 Å². The van der Waals surface area contributed by atoms with Crippen molar-refractivity contribution in [2.24, 2.45) is 5.92 Å². The first-order valence-electron chi connectivity index (χ1n) is 10.1. The number of nitrogens with zero attached hydrogens (tertiary/aromatic N) is 2. The fraction of sp³-hybridized carbons (Fsp3) is 0.409. The molecule has 160 valence electrons. The van der Waals surface area contributed by atoms with Crippen molar-refractivity contribution in [3.8, 4) is 0 Å². The maximum Gasteiger partial charge on any atom is 0.244 e. The zero-order chi connectivity index (χ0) is 21.5. The van der Waals surface area contributed by atoms with E-state index in [4.69, 9.17) is 23.2 Å². The van der Waals surface area contributed by atoms with Gasteiger partial charge in [0.05, 0.1) is 5.02 Å². The summed E-state index contributed by atoms with van der Waals surface area (Å²) in [5, 5.41) is 0.472. The predicted molar refractivity (Wildman–Crippen MR) is 120 cm³/mol. The molecule has 0 bridgehead atoms. The van der Waals surface area contributed by atoms with E-state index in [9.17, 15) is 13.2 Å². The number of amides is 1. The number of carbonyl (C=O) groups excluding carboxylic acids is 1. The number of hydrogen-bond acceptors (Lipinski definition) is 3. The van der Waals surface area contributed by atoms with Crippen LogP contribution >= 0.6 is 23.2 Å². The lowest BCUT2D eigenvalue weighted by atomic mass is 9.93. The first kappa shape index (κ1) is 21.6. The second-order valence-corrected chi connectivity index (χ2v) is 10.7. The van der Waals surface area contributed by atoms with E-state index in [1.165, 1.54) is 22.0 Å². The standard InChI is InChI=1S/C22H24Cl2N2O3S/c1-15-4-2-5-16-6-3-11-26(21(15)16)22(27)17-9-12-25(13-10-17)30(28,29)20-14-18(23)7-8-19(20)24/h2,4-5,7-8,14,17H,3,6,9-13H2,1H3. The number of piperidine rings is 1. The summed E-state index contributed by atoms with van der Waals surface area (Å²) in [7, 11) is -3.75. The molecule has 2 aliphatic heterocycles. The molecular weight excluding hydrogens is 443 g/mol. The summed E-state index contributed by atoms with van der Waals surface area (Å²) in [6, 6.07) is 10.6. The molecule has 0 atom stereocenters. The number of para-hydroxylation sites is 1. The highest BCUT2D eigenvalue weighted by atomic mass is 35.5. The minimum atomic E-state index is -3.75. The number of sulfonamides is 1. The van der Waals surface area contributed by atoms with E-state index in [0.29, 0.717) is 24.4 Å². The highest BCUT2D eigenvalue weighted by molar-refractivity contribution is 7.89. The monoisotopic (exact) mass is 466 g/mol. The molecule has 2 aromatic carbocycles. The van der Waals surface area contributed by atoms with Crippen molar-refractivity contribution in [2.75, 3.05) is 24.5 Å². The lowest BCUT2D eigenvalue weighted by molar-refractivity contribution is -0.123. The van der Waals surface area contributed by atoms with Gasteiger partial charge in [-0.1, -0.05) is 41.4 Å². The van der Waals surface area contributed by atoms with Crippen LogP contribution in [0.15, 0.2) is 41.3 Å². The molecule has 0 aromatic heterocycles. The molecule has 1 fully saturated rings. The summed E-state index contributed by atoms with van der Waals surface area (Å²) in [4.78, 5) is 15.2. The first-order chi connectivity index (χ1) is 14.3. The molecule has 1 saturated heterocycles. The second-order valence-electron chi connectivity index (χ2n) is 7.93. The third-order valence-corrected chi connectivity index (χ3v) is 8.61. The Bertz CT molecular complexity index is 1080. The van der Waals surface area contributed by atoms with Crippen LogP contribution in [0.1, 0.15) is 30.4 Å². The Morgan fingerprint density at radius 1 is 1.07 bits per heavy atom. The summed E-state index contributed by atoms with van der Waals surface area (Å²) in [5.41, 5.74) is 3.36. The van der Waals surface area contributed by atoms with E-state index in [0.717, 1.165) is 24.1 Å². The van der Waals surface area contributed by atoms with Gasteiger partial charge in [-0.05, 0) is 61.9 Å². The number of aryl methyl sites for hydroxylation is 2. The van der Waals surface area contributed by atoms with E-state index < -0.39 is 10.0 Å². The van der Waals surface area contributed by atoms with Gasteiger partial charge in [-0.25, -0.2) is 8.42 Å². The third-order valence-electron chi connectivity index (χ3n) is 6.00. The molecule has 0 radical (unpaired) electrons. The highest BCUT2D eigenvalue weighted by Gasteiger charge is 2.36. The van der Waals surface area contributed by atoms with E-state index in [1.54, 1.807) is 6.07 Å². The largest absolute Gasteiger partial charge is 0.312 e. The van der Waals surface area contributed by atoms with Gasteiger partial charge in [-0.2, -0.15) is 4.31 Å². The van der Waals surface area contributed by atoms with Crippen LogP contribution in [0.2, 0.25) is 10.0 Å². The van der Waals surface area contributed by atoms with Gasteiger partial charge >= 0.3 is 0 Å². The van der Waals surface area contributed by atoms with Crippen molar-refractivity contribution in [2.45, 2.75) is 37.5 Å². The molecule has 0 unspecified atom stereocenters.